The number of fused-ring (bicyclic) bond motifs is 4. The van der Waals surface area contributed by atoms with Crippen LogP contribution in [-0.4, -0.2) is 41.4 Å². The summed E-state index contributed by atoms with van der Waals surface area (Å²) in [6.07, 6.45) is 1.84. The van der Waals surface area contributed by atoms with Crippen LogP contribution in [0.25, 0.3) is 0 Å². The van der Waals surface area contributed by atoms with E-state index in [1.807, 2.05) is 6.07 Å². The highest BCUT2D eigenvalue weighted by Gasteiger charge is 2.53. The second kappa shape index (κ2) is 3.97. The highest BCUT2D eigenvalue weighted by Crippen LogP contribution is 2.51. The van der Waals surface area contributed by atoms with Crippen molar-refractivity contribution in [3.8, 4) is 5.75 Å². The highest BCUT2D eigenvalue weighted by atomic mass is 16.3. The minimum atomic E-state index is 0.0144. The number of likely N-dealkylation sites (tertiary alicyclic amines) is 1. The van der Waals surface area contributed by atoms with Gasteiger partial charge >= 0.3 is 0 Å². The molecular weight excluding hydrogens is 226 g/mol. The second-order valence-electron chi connectivity index (χ2n) is 5.95. The molecule has 1 saturated heterocycles. The van der Waals surface area contributed by atoms with Gasteiger partial charge in [0.15, 0.2) is 0 Å². The number of aliphatic hydroxyl groups is 1. The van der Waals surface area contributed by atoms with Crippen molar-refractivity contribution in [3.05, 3.63) is 29.3 Å². The largest absolute Gasteiger partial charge is 0.508 e. The number of phenols is 1. The number of aromatic hydroxyl groups is 1. The van der Waals surface area contributed by atoms with Crippen LogP contribution in [0.2, 0.25) is 0 Å². The van der Waals surface area contributed by atoms with Gasteiger partial charge in [-0.2, -0.15) is 0 Å². The average Bonchev–Trinajstić information content (AvgIpc) is 2.50. The van der Waals surface area contributed by atoms with Gasteiger partial charge in [-0.15, -0.1) is 0 Å². The van der Waals surface area contributed by atoms with Crippen LogP contribution in [0.4, 0.5) is 0 Å². The minimum absolute atomic E-state index is 0.0144. The number of benzene rings is 1. The molecule has 2 N–H and O–H groups in total. The minimum Gasteiger partial charge on any atom is -0.508 e. The van der Waals surface area contributed by atoms with Crippen LogP contribution in [0.3, 0.4) is 0 Å². The first-order chi connectivity index (χ1) is 8.58. The Morgan fingerprint density at radius 2 is 2.22 bits per heavy atom. The zero-order valence-electron chi connectivity index (χ0n) is 11.1. The van der Waals surface area contributed by atoms with E-state index in [2.05, 4.69) is 24.9 Å². The van der Waals surface area contributed by atoms with Crippen molar-refractivity contribution in [3.63, 3.8) is 0 Å². The van der Waals surface area contributed by atoms with Crippen molar-refractivity contribution in [2.75, 3.05) is 20.2 Å². The molecule has 98 valence electrons. The first-order valence-corrected chi connectivity index (χ1v) is 6.72. The Labute approximate surface area is 108 Å². The van der Waals surface area contributed by atoms with Crippen LogP contribution in [0.1, 0.15) is 24.5 Å². The summed E-state index contributed by atoms with van der Waals surface area (Å²) in [5.41, 5.74) is 2.61. The second-order valence-corrected chi connectivity index (χ2v) is 5.95. The fourth-order valence-corrected chi connectivity index (χ4v) is 4.19. The van der Waals surface area contributed by atoms with Gasteiger partial charge in [0.1, 0.15) is 5.75 Å². The maximum atomic E-state index is 9.77. The molecule has 1 aromatic rings. The molecule has 0 unspecified atom stereocenters. The third-order valence-electron chi connectivity index (χ3n) is 5.16. The van der Waals surface area contributed by atoms with E-state index in [0.29, 0.717) is 17.7 Å². The molecule has 0 aromatic heterocycles. The summed E-state index contributed by atoms with van der Waals surface area (Å²) in [5, 5.41) is 19.2. The summed E-state index contributed by atoms with van der Waals surface area (Å²) >= 11 is 0. The topological polar surface area (TPSA) is 43.7 Å². The lowest BCUT2D eigenvalue weighted by molar-refractivity contribution is 0.204. The molecule has 3 atom stereocenters. The van der Waals surface area contributed by atoms with Crippen LogP contribution >= 0.6 is 0 Å². The van der Waals surface area contributed by atoms with E-state index in [9.17, 15) is 10.2 Å². The Morgan fingerprint density at radius 3 is 2.94 bits per heavy atom. The molecule has 18 heavy (non-hydrogen) atoms. The van der Waals surface area contributed by atoms with Crippen molar-refractivity contribution < 1.29 is 10.2 Å². The molecule has 0 spiro atoms. The molecule has 1 fully saturated rings. The molecule has 1 aliphatic heterocycles. The first-order valence-electron chi connectivity index (χ1n) is 6.72. The van der Waals surface area contributed by atoms with Crippen LogP contribution < -0.4 is 0 Å². The summed E-state index contributed by atoms with van der Waals surface area (Å²) in [7, 11) is 2.17. The van der Waals surface area contributed by atoms with Gasteiger partial charge in [0.25, 0.3) is 0 Å². The molecule has 1 aromatic carbocycles. The summed E-state index contributed by atoms with van der Waals surface area (Å²) in [6, 6.07) is 6.31. The lowest BCUT2D eigenvalue weighted by Gasteiger charge is -2.40. The van der Waals surface area contributed by atoms with Crippen LogP contribution in [0, 0.1) is 5.92 Å². The molecule has 1 aliphatic carbocycles. The summed E-state index contributed by atoms with van der Waals surface area (Å²) in [6.45, 7) is 3.48. The maximum Gasteiger partial charge on any atom is 0.115 e. The Balaban J connectivity index is 2.17. The predicted octanol–water partition coefficient (Wildman–Crippen LogP) is 1.52. The Kier molecular flexibility index (Phi) is 2.65. The van der Waals surface area contributed by atoms with Gasteiger partial charge in [0.2, 0.25) is 0 Å². The SMILES string of the molecule is C[C@H]1[C@H]2Cc3ccc(O)cc3[C@@]1(CCO)CN2C. The van der Waals surface area contributed by atoms with Crippen LogP contribution in [0.15, 0.2) is 18.2 Å². The number of phenolic OH excluding ortho intramolecular Hbond substituents is 1. The molecule has 3 nitrogen and oxygen atoms in total. The zero-order valence-corrected chi connectivity index (χ0v) is 11.1. The molecule has 3 rings (SSSR count). The molecule has 0 saturated carbocycles. The van der Waals surface area contributed by atoms with Gasteiger partial charge in [-0.25, -0.2) is 0 Å². The lowest BCUT2D eigenvalue weighted by atomic mass is 9.63. The van der Waals surface area contributed by atoms with Gasteiger partial charge in [0, 0.05) is 24.6 Å². The van der Waals surface area contributed by atoms with Crippen molar-refractivity contribution in [2.24, 2.45) is 5.92 Å². The Morgan fingerprint density at radius 1 is 1.44 bits per heavy atom. The molecule has 0 radical (unpaired) electrons. The van der Waals surface area contributed by atoms with Gasteiger partial charge in [-0.1, -0.05) is 13.0 Å². The molecule has 1 heterocycles. The first kappa shape index (κ1) is 12.0. The van der Waals surface area contributed by atoms with E-state index >= 15 is 0 Å². The molecule has 2 bridgehead atoms. The smallest absolute Gasteiger partial charge is 0.115 e. The van der Waals surface area contributed by atoms with E-state index in [1.165, 1.54) is 11.1 Å². The van der Waals surface area contributed by atoms with Gasteiger partial charge in [-0.3, -0.25) is 0 Å². The Bertz CT molecular complexity index is 474. The van der Waals surface area contributed by atoms with Gasteiger partial charge in [-0.05, 0) is 49.1 Å². The van der Waals surface area contributed by atoms with E-state index < -0.39 is 0 Å². The van der Waals surface area contributed by atoms with Crippen molar-refractivity contribution in [1.82, 2.24) is 4.90 Å². The fourth-order valence-electron chi connectivity index (χ4n) is 4.19. The summed E-state index contributed by atoms with van der Waals surface area (Å²) < 4.78 is 0. The normalized spacial score (nSPS) is 34.6. The van der Waals surface area contributed by atoms with Gasteiger partial charge < -0.3 is 15.1 Å². The molecular formula is C15H21NO2. The van der Waals surface area contributed by atoms with E-state index in [1.54, 1.807) is 6.07 Å². The number of hydrogen-bond acceptors (Lipinski definition) is 3. The van der Waals surface area contributed by atoms with Crippen molar-refractivity contribution >= 4 is 0 Å². The molecule has 2 aliphatic rings. The third-order valence-corrected chi connectivity index (χ3v) is 5.16. The number of likely N-dealkylation sites (N-methyl/N-ethyl adjacent to an activating group) is 1. The lowest BCUT2D eigenvalue weighted by Crippen LogP contribution is -2.41. The third kappa shape index (κ3) is 1.44. The van der Waals surface area contributed by atoms with Crippen LogP contribution in [-0.2, 0) is 11.8 Å². The van der Waals surface area contributed by atoms with Crippen molar-refractivity contribution in [1.29, 1.82) is 0 Å². The summed E-state index contributed by atoms with van der Waals surface area (Å²) in [4.78, 5) is 2.41. The summed E-state index contributed by atoms with van der Waals surface area (Å²) in [5.74, 6) is 0.871. The Hall–Kier alpha value is -1.06. The van der Waals surface area contributed by atoms with Crippen molar-refractivity contribution in [2.45, 2.75) is 31.2 Å². The number of nitrogens with zero attached hydrogens (tertiary/aromatic N) is 1. The number of aliphatic hydroxyl groups excluding tert-OH is 1. The number of rotatable bonds is 2. The van der Waals surface area contributed by atoms with E-state index in [0.717, 1.165) is 19.4 Å². The van der Waals surface area contributed by atoms with E-state index in [-0.39, 0.29) is 12.0 Å². The standard InChI is InChI=1S/C15H21NO2/c1-10-14-7-11-3-4-12(18)8-13(11)15(10,5-6-17)9-16(14)2/h3-4,8,10,14,17-18H,5-7,9H2,1-2H3/t10-,14+,15-/m0/s1. The van der Waals surface area contributed by atoms with Gasteiger partial charge in [0.05, 0.1) is 0 Å². The monoisotopic (exact) mass is 247 g/mol. The molecule has 0 amide bonds. The fraction of sp³-hybridized carbons (Fsp3) is 0.600. The zero-order chi connectivity index (χ0) is 12.9. The molecule has 3 heteroatoms. The van der Waals surface area contributed by atoms with E-state index in [4.69, 9.17) is 0 Å². The maximum absolute atomic E-state index is 9.77. The number of hydrogen-bond donors (Lipinski definition) is 2. The predicted molar refractivity (Wildman–Crippen MR) is 70.8 cm³/mol. The quantitative estimate of drug-likeness (QED) is 0.832. The average molecular weight is 247 g/mol. The van der Waals surface area contributed by atoms with Crippen LogP contribution in [0.5, 0.6) is 5.75 Å². The highest BCUT2D eigenvalue weighted by molar-refractivity contribution is 5.45.